The first-order valence-electron chi connectivity index (χ1n) is 5.18. The summed E-state index contributed by atoms with van der Waals surface area (Å²) in [4.78, 5) is 0. The average Bonchev–Trinajstić information content (AvgIpc) is 2.56. The Morgan fingerprint density at radius 1 is 1.50 bits per heavy atom. The van der Waals surface area contributed by atoms with Gasteiger partial charge in [0.2, 0.25) is 0 Å². The Morgan fingerprint density at radius 2 is 2.21 bits per heavy atom. The van der Waals surface area contributed by atoms with Gasteiger partial charge in [-0.1, -0.05) is 11.6 Å². The molecule has 76 valence electrons. The van der Waals surface area contributed by atoms with E-state index in [1.54, 1.807) is 0 Å². The Hall–Kier alpha value is -1.09. The van der Waals surface area contributed by atoms with Crippen LogP contribution in [0.3, 0.4) is 0 Å². The lowest BCUT2D eigenvalue weighted by atomic mass is 9.90. The van der Waals surface area contributed by atoms with Crippen LogP contribution in [0.25, 0.3) is 6.08 Å². The molecule has 1 aromatic rings. The minimum absolute atomic E-state index is 0.418. The summed E-state index contributed by atoms with van der Waals surface area (Å²) in [6.45, 7) is 0. The first-order valence-corrected chi connectivity index (χ1v) is 5.18. The van der Waals surface area contributed by atoms with Crippen LogP contribution < -0.4 is 5.73 Å². The zero-order valence-corrected chi connectivity index (χ0v) is 8.61. The lowest BCUT2D eigenvalue weighted by Crippen LogP contribution is -2.23. The van der Waals surface area contributed by atoms with Crippen LogP contribution in [0.4, 0.5) is 0 Å². The highest BCUT2D eigenvalue weighted by Gasteiger charge is 2.12. The van der Waals surface area contributed by atoms with Crippen molar-refractivity contribution in [1.82, 2.24) is 9.78 Å². The van der Waals surface area contributed by atoms with E-state index in [1.807, 2.05) is 24.1 Å². The molecule has 0 bridgehead atoms. The summed E-state index contributed by atoms with van der Waals surface area (Å²) in [5.74, 6) is 0. The molecule has 0 unspecified atom stereocenters. The van der Waals surface area contributed by atoms with Crippen LogP contribution >= 0.6 is 0 Å². The molecule has 1 aliphatic carbocycles. The zero-order valence-electron chi connectivity index (χ0n) is 8.61. The van der Waals surface area contributed by atoms with Crippen molar-refractivity contribution >= 4 is 6.08 Å². The molecule has 2 rings (SSSR count). The number of nitrogens with two attached hydrogens (primary N) is 1. The lowest BCUT2D eigenvalue weighted by molar-refractivity contribution is 0.514. The van der Waals surface area contributed by atoms with Crippen LogP contribution in [0.15, 0.2) is 18.0 Å². The molecular weight excluding hydrogens is 174 g/mol. The van der Waals surface area contributed by atoms with Gasteiger partial charge in [-0.3, -0.25) is 4.68 Å². The highest BCUT2D eigenvalue weighted by molar-refractivity contribution is 5.51. The van der Waals surface area contributed by atoms with Gasteiger partial charge in [0.15, 0.2) is 0 Å². The van der Waals surface area contributed by atoms with Crippen molar-refractivity contribution in [3.05, 3.63) is 23.5 Å². The summed E-state index contributed by atoms with van der Waals surface area (Å²) in [5, 5.41) is 4.14. The van der Waals surface area contributed by atoms with Crippen molar-refractivity contribution in [3.63, 3.8) is 0 Å². The number of rotatable bonds is 1. The zero-order chi connectivity index (χ0) is 9.97. The van der Waals surface area contributed by atoms with Crippen LogP contribution in [-0.2, 0) is 7.05 Å². The highest BCUT2D eigenvalue weighted by atomic mass is 15.2. The van der Waals surface area contributed by atoms with Crippen molar-refractivity contribution < 1.29 is 0 Å². The van der Waals surface area contributed by atoms with Gasteiger partial charge in [-0.15, -0.1) is 0 Å². The van der Waals surface area contributed by atoms with Gasteiger partial charge >= 0.3 is 0 Å². The van der Waals surface area contributed by atoms with E-state index >= 15 is 0 Å². The van der Waals surface area contributed by atoms with Gasteiger partial charge in [0.05, 0.1) is 6.20 Å². The second-order valence-corrected chi connectivity index (χ2v) is 4.09. The number of allylic oxidation sites excluding steroid dienone is 1. The maximum absolute atomic E-state index is 5.85. The fourth-order valence-corrected chi connectivity index (χ4v) is 1.91. The van der Waals surface area contributed by atoms with Crippen LogP contribution in [0.5, 0.6) is 0 Å². The molecule has 0 aromatic carbocycles. The van der Waals surface area contributed by atoms with Crippen molar-refractivity contribution in [3.8, 4) is 0 Å². The number of aryl methyl sites for hydroxylation is 1. The molecule has 3 heteroatoms. The van der Waals surface area contributed by atoms with Crippen LogP contribution in [0.1, 0.15) is 31.2 Å². The molecule has 3 nitrogen and oxygen atoms in total. The first kappa shape index (κ1) is 9.46. The molecule has 0 amide bonds. The molecule has 0 atom stereocenters. The van der Waals surface area contributed by atoms with E-state index in [-0.39, 0.29) is 0 Å². The van der Waals surface area contributed by atoms with Crippen molar-refractivity contribution in [2.75, 3.05) is 0 Å². The van der Waals surface area contributed by atoms with E-state index < -0.39 is 0 Å². The molecule has 1 saturated carbocycles. The fourth-order valence-electron chi connectivity index (χ4n) is 1.91. The third-order valence-electron chi connectivity index (χ3n) is 2.77. The van der Waals surface area contributed by atoms with Gasteiger partial charge in [0.25, 0.3) is 0 Å². The molecule has 0 spiro atoms. The van der Waals surface area contributed by atoms with Gasteiger partial charge in [0, 0.05) is 24.8 Å². The maximum Gasteiger partial charge on any atom is 0.0562 e. The van der Waals surface area contributed by atoms with Gasteiger partial charge in [-0.25, -0.2) is 0 Å². The van der Waals surface area contributed by atoms with Crippen molar-refractivity contribution in [2.24, 2.45) is 12.8 Å². The predicted molar refractivity (Wildman–Crippen MR) is 57.6 cm³/mol. The Bertz CT molecular complexity index is 328. The average molecular weight is 191 g/mol. The molecule has 1 aliphatic rings. The van der Waals surface area contributed by atoms with E-state index in [0.717, 1.165) is 25.7 Å². The fraction of sp³-hybridized carbons (Fsp3) is 0.545. The lowest BCUT2D eigenvalue weighted by Gasteiger charge is -2.19. The minimum Gasteiger partial charge on any atom is -0.328 e. The number of hydrogen-bond donors (Lipinski definition) is 1. The summed E-state index contributed by atoms with van der Waals surface area (Å²) in [6, 6.07) is 0.418. The third kappa shape index (κ3) is 2.23. The molecule has 0 aliphatic heterocycles. The molecule has 14 heavy (non-hydrogen) atoms. The summed E-state index contributed by atoms with van der Waals surface area (Å²) in [5.41, 5.74) is 8.57. The standard InChI is InChI=1S/C11H17N3/c1-14-8-10(7-13-14)6-9-2-4-11(12)5-3-9/h6-8,11H,2-5,12H2,1H3. The molecule has 1 fully saturated rings. The SMILES string of the molecule is Cn1cc(C=C2CCC(N)CC2)cn1. The van der Waals surface area contributed by atoms with E-state index in [2.05, 4.69) is 11.2 Å². The monoisotopic (exact) mass is 191 g/mol. The van der Waals surface area contributed by atoms with E-state index in [1.165, 1.54) is 11.1 Å². The van der Waals surface area contributed by atoms with Crippen LogP contribution in [-0.4, -0.2) is 15.8 Å². The Labute approximate surface area is 84.6 Å². The Morgan fingerprint density at radius 3 is 2.79 bits per heavy atom. The van der Waals surface area contributed by atoms with Crippen molar-refractivity contribution in [1.29, 1.82) is 0 Å². The molecule has 1 heterocycles. The van der Waals surface area contributed by atoms with Gasteiger partial charge < -0.3 is 5.73 Å². The highest BCUT2D eigenvalue weighted by Crippen LogP contribution is 2.24. The third-order valence-corrected chi connectivity index (χ3v) is 2.77. The Kier molecular flexibility index (Phi) is 2.68. The predicted octanol–water partition coefficient (Wildman–Crippen LogP) is 1.70. The molecule has 2 N–H and O–H groups in total. The second-order valence-electron chi connectivity index (χ2n) is 4.09. The topological polar surface area (TPSA) is 43.8 Å². The molecule has 0 radical (unpaired) electrons. The van der Waals surface area contributed by atoms with Crippen LogP contribution in [0.2, 0.25) is 0 Å². The van der Waals surface area contributed by atoms with Gasteiger partial charge in [-0.05, 0) is 25.7 Å². The Balaban J connectivity index is 2.04. The summed E-state index contributed by atoms with van der Waals surface area (Å²) < 4.78 is 1.83. The van der Waals surface area contributed by atoms with Crippen LogP contribution in [0, 0.1) is 0 Å². The number of hydrogen-bond acceptors (Lipinski definition) is 2. The second kappa shape index (κ2) is 3.96. The summed E-state index contributed by atoms with van der Waals surface area (Å²) in [6.07, 6.45) is 10.8. The quantitative estimate of drug-likeness (QED) is 0.734. The van der Waals surface area contributed by atoms with Gasteiger partial charge in [0.1, 0.15) is 0 Å². The number of aromatic nitrogens is 2. The maximum atomic E-state index is 5.85. The molecule has 0 saturated heterocycles. The molecular formula is C11H17N3. The van der Waals surface area contributed by atoms with Gasteiger partial charge in [-0.2, -0.15) is 5.10 Å². The largest absolute Gasteiger partial charge is 0.328 e. The summed E-state index contributed by atoms with van der Waals surface area (Å²) >= 11 is 0. The van der Waals surface area contributed by atoms with E-state index in [4.69, 9.17) is 5.73 Å². The minimum atomic E-state index is 0.418. The van der Waals surface area contributed by atoms with E-state index in [0.29, 0.717) is 6.04 Å². The summed E-state index contributed by atoms with van der Waals surface area (Å²) in [7, 11) is 1.94. The van der Waals surface area contributed by atoms with E-state index in [9.17, 15) is 0 Å². The normalized spacial score (nSPS) is 22.4. The molecule has 1 aromatic heterocycles. The smallest absolute Gasteiger partial charge is 0.0562 e. The first-order chi connectivity index (χ1) is 6.74. The number of nitrogens with zero attached hydrogens (tertiary/aromatic N) is 2. The van der Waals surface area contributed by atoms with Crippen molar-refractivity contribution in [2.45, 2.75) is 31.7 Å².